The van der Waals surface area contributed by atoms with Gasteiger partial charge >= 0.3 is 0 Å². The highest BCUT2D eigenvalue weighted by atomic mass is 32.2. The summed E-state index contributed by atoms with van der Waals surface area (Å²) in [4.78, 5) is 4.27. The Hall–Kier alpha value is -0.150. The van der Waals surface area contributed by atoms with Crippen molar-refractivity contribution in [2.24, 2.45) is 0 Å². The lowest BCUT2D eigenvalue weighted by atomic mass is 10.3. The Morgan fingerprint density at radius 2 is 2.27 bits per heavy atom. The second kappa shape index (κ2) is 4.67. The summed E-state index contributed by atoms with van der Waals surface area (Å²) in [6.07, 6.45) is 4.00. The van der Waals surface area contributed by atoms with E-state index in [2.05, 4.69) is 30.3 Å². The van der Waals surface area contributed by atoms with Crippen molar-refractivity contribution in [1.29, 1.82) is 0 Å². The van der Waals surface area contributed by atoms with Gasteiger partial charge in [-0.15, -0.1) is 0 Å². The maximum Gasteiger partial charge on any atom is 0.0968 e. The van der Waals surface area contributed by atoms with E-state index in [0.717, 1.165) is 10.1 Å². The predicted octanol–water partition coefficient (Wildman–Crippen LogP) is 2.80. The van der Waals surface area contributed by atoms with E-state index in [-0.39, 0.29) is 0 Å². The summed E-state index contributed by atoms with van der Waals surface area (Å²) >= 11 is 3.60. The molecule has 0 atom stereocenters. The van der Waals surface area contributed by atoms with Gasteiger partial charge in [-0.2, -0.15) is 11.8 Å². The van der Waals surface area contributed by atoms with Crippen molar-refractivity contribution in [2.45, 2.75) is 11.9 Å². The van der Waals surface area contributed by atoms with Crippen LogP contribution in [0.4, 0.5) is 0 Å². The molecule has 0 spiro atoms. The fourth-order valence-corrected chi connectivity index (χ4v) is 1.90. The summed E-state index contributed by atoms with van der Waals surface area (Å²) in [6, 6.07) is 4.16. The van der Waals surface area contributed by atoms with Crippen LogP contribution in [-0.4, -0.2) is 16.3 Å². The minimum absolute atomic E-state index is 1.08. The number of thioether (sulfide) groups is 2. The van der Waals surface area contributed by atoms with Crippen molar-refractivity contribution < 1.29 is 0 Å². The third kappa shape index (κ3) is 3.16. The molecule has 0 radical (unpaired) electrons. The molecule has 1 nitrogen and oxygen atoms in total. The van der Waals surface area contributed by atoms with Crippen molar-refractivity contribution >= 4 is 23.5 Å². The molecule has 0 unspecified atom stereocenters. The molecule has 60 valence electrons. The molecule has 0 fully saturated rings. The van der Waals surface area contributed by atoms with E-state index in [1.54, 1.807) is 11.8 Å². The molecule has 0 aliphatic carbocycles. The minimum atomic E-state index is 1.08. The third-order valence-corrected chi connectivity index (χ3v) is 3.16. The molecular weight excluding hydrogens is 174 g/mol. The molecule has 11 heavy (non-hydrogen) atoms. The zero-order valence-electron chi connectivity index (χ0n) is 6.70. The monoisotopic (exact) mass is 185 g/mol. The van der Waals surface area contributed by atoms with Crippen LogP contribution in [-0.2, 0) is 0 Å². The first-order chi connectivity index (χ1) is 5.33. The maximum absolute atomic E-state index is 4.27. The summed E-state index contributed by atoms with van der Waals surface area (Å²) in [5, 5.41) is 2.20. The van der Waals surface area contributed by atoms with Gasteiger partial charge in [0, 0.05) is 11.3 Å². The smallest absolute Gasteiger partial charge is 0.0968 e. The van der Waals surface area contributed by atoms with E-state index >= 15 is 0 Å². The topological polar surface area (TPSA) is 12.9 Å². The van der Waals surface area contributed by atoms with Gasteiger partial charge in [-0.3, -0.25) is 0 Å². The fourth-order valence-electron chi connectivity index (χ4n) is 0.659. The molecule has 1 rings (SSSR count). The molecule has 0 saturated carbocycles. The Balaban J connectivity index is 2.52. The van der Waals surface area contributed by atoms with Gasteiger partial charge in [0.2, 0.25) is 0 Å². The van der Waals surface area contributed by atoms with Gasteiger partial charge < -0.3 is 0 Å². The van der Waals surface area contributed by atoms with Crippen LogP contribution in [0.3, 0.4) is 0 Å². The van der Waals surface area contributed by atoms with Crippen molar-refractivity contribution in [3.8, 4) is 0 Å². The highest BCUT2D eigenvalue weighted by molar-refractivity contribution is 8.15. The maximum atomic E-state index is 4.27. The second-order valence-corrected chi connectivity index (χ2v) is 4.45. The summed E-state index contributed by atoms with van der Waals surface area (Å²) in [7, 11) is 0. The Bertz CT molecular complexity index is 208. The van der Waals surface area contributed by atoms with Crippen molar-refractivity contribution in [3.63, 3.8) is 0 Å². The molecule has 0 N–H and O–H groups in total. The van der Waals surface area contributed by atoms with Crippen molar-refractivity contribution in [2.75, 3.05) is 11.3 Å². The second-order valence-electron chi connectivity index (χ2n) is 2.22. The van der Waals surface area contributed by atoms with Crippen LogP contribution in [0.25, 0.3) is 0 Å². The van der Waals surface area contributed by atoms with Gasteiger partial charge in [-0.05, 0) is 24.8 Å². The van der Waals surface area contributed by atoms with Gasteiger partial charge in [0.05, 0.1) is 5.03 Å². The highest BCUT2D eigenvalue weighted by Gasteiger charge is 1.92. The van der Waals surface area contributed by atoms with Crippen molar-refractivity contribution in [3.05, 3.63) is 23.9 Å². The van der Waals surface area contributed by atoms with Crippen LogP contribution < -0.4 is 0 Å². The van der Waals surface area contributed by atoms with E-state index in [0.29, 0.717) is 0 Å². The first kappa shape index (κ1) is 8.94. The normalized spacial score (nSPS) is 10.0. The predicted molar refractivity (Wildman–Crippen MR) is 53.2 cm³/mol. The zero-order chi connectivity index (χ0) is 8.10. The number of aryl methyl sites for hydroxylation is 1. The molecule has 1 aromatic heterocycles. The minimum Gasteiger partial charge on any atom is -0.250 e. The Morgan fingerprint density at radius 1 is 1.45 bits per heavy atom. The summed E-state index contributed by atoms with van der Waals surface area (Å²) in [5.41, 5.74) is 1.22. The lowest BCUT2D eigenvalue weighted by Gasteiger charge is -1.97. The molecule has 1 heterocycles. The highest BCUT2D eigenvalue weighted by Crippen LogP contribution is 2.18. The first-order valence-corrected chi connectivity index (χ1v) is 5.75. The van der Waals surface area contributed by atoms with Gasteiger partial charge in [0.15, 0.2) is 0 Å². The van der Waals surface area contributed by atoms with Crippen molar-refractivity contribution in [1.82, 2.24) is 4.98 Å². The number of pyridine rings is 1. The quantitative estimate of drug-likeness (QED) is 0.531. The Kier molecular flexibility index (Phi) is 3.80. The number of hydrogen-bond acceptors (Lipinski definition) is 3. The number of rotatable bonds is 3. The molecule has 3 heteroatoms. The van der Waals surface area contributed by atoms with Crippen LogP contribution in [0.15, 0.2) is 23.4 Å². The Morgan fingerprint density at radius 3 is 2.82 bits per heavy atom. The van der Waals surface area contributed by atoms with Crippen LogP contribution in [0.5, 0.6) is 0 Å². The molecule has 0 amide bonds. The van der Waals surface area contributed by atoms with Gasteiger partial charge in [0.1, 0.15) is 0 Å². The van der Waals surface area contributed by atoms with E-state index in [9.17, 15) is 0 Å². The standard InChI is InChI=1S/C8H11NS2/c1-7-3-4-8(9-5-7)11-6-10-2/h3-5H,6H2,1-2H3. The van der Waals surface area contributed by atoms with Crippen LogP contribution in [0.1, 0.15) is 5.56 Å². The lowest BCUT2D eigenvalue weighted by Crippen LogP contribution is -1.80. The average molecular weight is 185 g/mol. The molecule has 0 aliphatic heterocycles. The molecule has 1 aromatic rings. The molecule has 0 saturated heterocycles. The van der Waals surface area contributed by atoms with Gasteiger partial charge in [0.25, 0.3) is 0 Å². The number of aromatic nitrogens is 1. The Labute approximate surface area is 76.0 Å². The van der Waals surface area contributed by atoms with Crippen LogP contribution in [0, 0.1) is 6.92 Å². The fraction of sp³-hybridized carbons (Fsp3) is 0.375. The molecular formula is C8H11NS2. The van der Waals surface area contributed by atoms with Crippen LogP contribution >= 0.6 is 23.5 Å². The third-order valence-electron chi connectivity index (χ3n) is 1.21. The molecule has 0 bridgehead atoms. The van der Waals surface area contributed by atoms with Gasteiger partial charge in [-0.1, -0.05) is 17.8 Å². The SMILES string of the molecule is CSCSc1ccc(C)cn1. The van der Waals surface area contributed by atoms with Gasteiger partial charge in [-0.25, -0.2) is 4.98 Å². The van der Waals surface area contributed by atoms with E-state index in [1.165, 1.54) is 5.56 Å². The zero-order valence-corrected chi connectivity index (χ0v) is 8.34. The number of nitrogens with zero attached hydrogens (tertiary/aromatic N) is 1. The molecule has 0 aromatic carbocycles. The number of hydrogen-bond donors (Lipinski definition) is 0. The lowest BCUT2D eigenvalue weighted by molar-refractivity contribution is 1.11. The summed E-state index contributed by atoms with van der Waals surface area (Å²) in [6.45, 7) is 2.05. The largest absolute Gasteiger partial charge is 0.250 e. The average Bonchev–Trinajstić information content (AvgIpc) is 2.04. The van der Waals surface area contributed by atoms with E-state index < -0.39 is 0 Å². The summed E-state index contributed by atoms with van der Waals surface area (Å²) in [5.74, 6) is 0. The molecule has 0 aliphatic rings. The first-order valence-electron chi connectivity index (χ1n) is 3.37. The van der Waals surface area contributed by atoms with Crippen LogP contribution in [0.2, 0.25) is 0 Å². The summed E-state index contributed by atoms with van der Waals surface area (Å²) < 4.78 is 0. The van der Waals surface area contributed by atoms with E-state index in [1.807, 2.05) is 18.0 Å². The van der Waals surface area contributed by atoms with E-state index in [4.69, 9.17) is 0 Å².